The number of hydrogen-bond donors (Lipinski definition) is 4. The summed E-state index contributed by atoms with van der Waals surface area (Å²) in [6.07, 6.45) is 11.6. The van der Waals surface area contributed by atoms with Gasteiger partial charge in [-0.1, -0.05) is 90.9 Å². The van der Waals surface area contributed by atoms with Crippen LogP contribution in [-0.2, 0) is 14.3 Å². The Bertz CT molecular complexity index is 1180. The average molecular weight is 576 g/mol. The van der Waals surface area contributed by atoms with E-state index >= 15 is 0 Å². The summed E-state index contributed by atoms with van der Waals surface area (Å²) in [6, 6.07) is 0. The molecule has 2 aromatic rings. The molecule has 1 fully saturated rings. The molecule has 230 valence electrons. The van der Waals surface area contributed by atoms with E-state index in [0.717, 1.165) is 44.9 Å². The fraction of sp³-hybridized carbons (Fsp3) is 0.767. The van der Waals surface area contributed by atoms with Crippen LogP contribution in [0.15, 0.2) is 11.1 Å². The standard InChI is InChI=1S/C30H49N5O6/c1-3-5-7-9-11-13-15-17-21(36)25(38)26-30(40,22(37)18-16-14-12-10-8-6-4-2)19-23(41-26)35-20-32-24-27(35)33-29(31)34-28(24)39/h20,23,25-26,38,40H,3-19H2,1-2H3,(H3,31,33,34,39)/t23-,25?,26-,30-/m1/s1. The molecular formula is C30H49N5O6. The molecule has 1 saturated heterocycles. The summed E-state index contributed by atoms with van der Waals surface area (Å²) in [5.41, 5.74) is 3.28. The quantitative estimate of drug-likeness (QED) is 0.166. The fourth-order valence-electron chi connectivity index (χ4n) is 5.67. The molecule has 3 rings (SSSR count). The second-order valence-corrected chi connectivity index (χ2v) is 11.5. The Kier molecular flexibility index (Phi) is 12.9. The third-order valence-corrected chi connectivity index (χ3v) is 8.15. The minimum atomic E-state index is -2.08. The van der Waals surface area contributed by atoms with E-state index in [-0.39, 0.29) is 36.4 Å². The number of unbranched alkanes of at least 4 members (excludes halogenated alkanes) is 12. The number of nitrogens with two attached hydrogens (primary N) is 1. The number of rotatable bonds is 20. The van der Waals surface area contributed by atoms with Gasteiger partial charge in [0.15, 0.2) is 28.3 Å². The van der Waals surface area contributed by atoms with Gasteiger partial charge >= 0.3 is 0 Å². The predicted octanol–water partition coefficient (Wildman–Crippen LogP) is 4.50. The number of fused-ring (bicyclic) bond motifs is 1. The highest BCUT2D eigenvalue weighted by molar-refractivity contribution is 5.91. The van der Waals surface area contributed by atoms with Crippen LogP contribution in [0.25, 0.3) is 11.2 Å². The lowest BCUT2D eigenvalue weighted by atomic mass is 9.83. The molecule has 0 spiro atoms. The maximum Gasteiger partial charge on any atom is 0.280 e. The summed E-state index contributed by atoms with van der Waals surface area (Å²) >= 11 is 0. The van der Waals surface area contributed by atoms with Crippen molar-refractivity contribution < 1.29 is 24.5 Å². The molecule has 1 aliphatic rings. The van der Waals surface area contributed by atoms with E-state index in [1.807, 2.05) is 0 Å². The number of aromatic amines is 1. The van der Waals surface area contributed by atoms with Gasteiger partial charge in [0.25, 0.3) is 5.56 Å². The maximum atomic E-state index is 13.4. The molecule has 0 aromatic carbocycles. The fourth-order valence-corrected chi connectivity index (χ4v) is 5.67. The van der Waals surface area contributed by atoms with Crippen LogP contribution < -0.4 is 11.3 Å². The summed E-state index contributed by atoms with van der Waals surface area (Å²) in [5.74, 6) is -1.04. The number of anilines is 1. The number of hydrogen-bond acceptors (Lipinski definition) is 9. The minimum absolute atomic E-state index is 0.0275. The Morgan fingerprint density at radius 1 is 1.02 bits per heavy atom. The van der Waals surface area contributed by atoms with E-state index in [1.165, 1.54) is 43.0 Å². The number of imidazole rings is 1. The third-order valence-electron chi connectivity index (χ3n) is 8.15. The summed E-state index contributed by atoms with van der Waals surface area (Å²) in [4.78, 5) is 49.4. The second-order valence-electron chi connectivity index (χ2n) is 11.5. The number of nitrogens with zero attached hydrogens (tertiary/aromatic N) is 3. The molecule has 4 atom stereocenters. The zero-order valence-electron chi connectivity index (χ0n) is 24.8. The Balaban J connectivity index is 1.71. The van der Waals surface area contributed by atoms with Crippen LogP contribution in [0.3, 0.4) is 0 Å². The Morgan fingerprint density at radius 3 is 2.20 bits per heavy atom. The smallest absolute Gasteiger partial charge is 0.280 e. The van der Waals surface area contributed by atoms with Crippen LogP contribution in [0.4, 0.5) is 5.95 Å². The number of nitrogen functional groups attached to an aromatic ring is 1. The lowest BCUT2D eigenvalue weighted by molar-refractivity contribution is -0.160. The van der Waals surface area contributed by atoms with Gasteiger partial charge in [-0.25, -0.2) is 4.98 Å². The van der Waals surface area contributed by atoms with Gasteiger partial charge in [0.05, 0.1) is 6.33 Å². The number of ether oxygens (including phenoxy) is 1. The summed E-state index contributed by atoms with van der Waals surface area (Å²) < 4.78 is 7.46. The molecule has 0 radical (unpaired) electrons. The first-order valence-electron chi connectivity index (χ1n) is 15.6. The second kappa shape index (κ2) is 16.1. The van der Waals surface area contributed by atoms with Crippen LogP contribution in [0.2, 0.25) is 0 Å². The van der Waals surface area contributed by atoms with E-state index in [1.54, 1.807) is 0 Å². The van der Waals surface area contributed by atoms with Gasteiger partial charge in [0, 0.05) is 19.3 Å². The number of carbonyl (C=O) groups is 2. The van der Waals surface area contributed by atoms with Crippen LogP contribution in [0, 0.1) is 0 Å². The van der Waals surface area contributed by atoms with Crippen LogP contribution in [0.5, 0.6) is 0 Å². The van der Waals surface area contributed by atoms with Gasteiger partial charge in [-0.15, -0.1) is 0 Å². The molecule has 41 heavy (non-hydrogen) atoms. The molecule has 0 bridgehead atoms. The average Bonchev–Trinajstić information content (AvgIpc) is 3.53. The van der Waals surface area contributed by atoms with Crippen molar-refractivity contribution in [2.24, 2.45) is 0 Å². The lowest BCUT2D eigenvalue weighted by Gasteiger charge is -2.29. The normalized spacial score (nSPS) is 21.5. The van der Waals surface area contributed by atoms with Crippen molar-refractivity contribution >= 4 is 28.7 Å². The summed E-state index contributed by atoms with van der Waals surface area (Å²) in [7, 11) is 0. The van der Waals surface area contributed by atoms with Crippen molar-refractivity contribution in [1.82, 2.24) is 19.5 Å². The lowest BCUT2D eigenvalue weighted by Crippen LogP contribution is -2.53. The highest BCUT2D eigenvalue weighted by atomic mass is 16.6. The Hall–Kier alpha value is -2.63. The first kappa shape index (κ1) is 32.9. The van der Waals surface area contributed by atoms with E-state index < -0.39 is 41.2 Å². The number of aliphatic hydroxyl groups excluding tert-OH is 1. The van der Waals surface area contributed by atoms with Crippen LogP contribution in [-0.4, -0.2) is 59.1 Å². The van der Waals surface area contributed by atoms with Crippen molar-refractivity contribution in [2.45, 2.75) is 147 Å². The zero-order chi connectivity index (χ0) is 29.8. The Labute approximate surface area is 242 Å². The molecule has 1 unspecified atom stereocenters. The zero-order valence-corrected chi connectivity index (χ0v) is 24.8. The molecular weight excluding hydrogens is 526 g/mol. The molecule has 2 aromatic heterocycles. The van der Waals surface area contributed by atoms with Gasteiger partial charge < -0.3 is 20.7 Å². The van der Waals surface area contributed by atoms with E-state index in [4.69, 9.17) is 10.5 Å². The van der Waals surface area contributed by atoms with E-state index in [0.29, 0.717) is 12.8 Å². The maximum absolute atomic E-state index is 13.4. The van der Waals surface area contributed by atoms with Gasteiger partial charge in [-0.3, -0.25) is 23.9 Å². The minimum Gasteiger partial charge on any atom is -0.382 e. The molecule has 0 aliphatic carbocycles. The van der Waals surface area contributed by atoms with Gasteiger partial charge in [0.1, 0.15) is 18.4 Å². The SMILES string of the molecule is CCCCCCCCCC(=O)C(O)[C@H]1O[C@@H](n2cnc3c(=O)[nH]c(N)nc32)C[C@@]1(O)C(=O)CCCCCCCCC. The number of aromatic nitrogens is 4. The Morgan fingerprint density at radius 2 is 1.59 bits per heavy atom. The predicted molar refractivity (Wildman–Crippen MR) is 157 cm³/mol. The van der Waals surface area contributed by atoms with Crippen molar-refractivity contribution in [1.29, 1.82) is 0 Å². The van der Waals surface area contributed by atoms with Crippen molar-refractivity contribution in [3.63, 3.8) is 0 Å². The molecule has 11 nitrogen and oxygen atoms in total. The monoisotopic (exact) mass is 575 g/mol. The van der Waals surface area contributed by atoms with Crippen molar-refractivity contribution in [2.75, 3.05) is 5.73 Å². The van der Waals surface area contributed by atoms with Crippen LogP contribution >= 0.6 is 0 Å². The number of H-pyrrole nitrogens is 1. The summed E-state index contributed by atoms with van der Waals surface area (Å²) in [5, 5.41) is 22.8. The summed E-state index contributed by atoms with van der Waals surface area (Å²) in [6.45, 7) is 4.33. The highest BCUT2D eigenvalue weighted by Crippen LogP contribution is 2.41. The highest BCUT2D eigenvalue weighted by Gasteiger charge is 2.56. The first-order valence-corrected chi connectivity index (χ1v) is 15.6. The van der Waals surface area contributed by atoms with E-state index in [9.17, 15) is 24.6 Å². The van der Waals surface area contributed by atoms with Crippen molar-refractivity contribution in [3.8, 4) is 0 Å². The molecule has 5 N–H and O–H groups in total. The number of ketones is 2. The van der Waals surface area contributed by atoms with Gasteiger partial charge in [-0.2, -0.15) is 4.98 Å². The van der Waals surface area contributed by atoms with Crippen LogP contribution in [0.1, 0.15) is 129 Å². The molecule has 11 heteroatoms. The van der Waals surface area contributed by atoms with E-state index in [2.05, 4.69) is 28.8 Å². The third kappa shape index (κ3) is 8.68. The molecule has 0 amide bonds. The topological polar surface area (TPSA) is 173 Å². The number of Topliss-reactive ketones (excluding diaryl/α,β-unsaturated/α-hetero) is 2. The largest absolute Gasteiger partial charge is 0.382 e. The molecule has 1 aliphatic heterocycles. The molecule has 0 saturated carbocycles. The number of carbonyl (C=O) groups excluding carboxylic acids is 2. The van der Waals surface area contributed by atoms with Crippen molar-refractivity contribution in [3.05, 3.63) is 16.7 Å². The first-order chi connectivity index (χ1) is 19.7. The number of aliphatic hydroxyl groups is 2. The molecule has 3 heterocycles. The van der Waals surface area contributed by atoms with Gasteiger partial charge in [-0.05, 0) is 12.8 Å². The van der Waals surface area contributed by atoms with Gasteiger partial charge in [0.2, 0.25) is 5.95 Å². The number of nitrogens with one attached hydrogen (secondary N) is 1.